The van der Waals surface area contributed by atoms with Gasteiger partial charge in [0.2, 0.25) is 0 Å². The van der Waals surface area contributed by atoms with Crippen LogP contribution < -0.4 is 4.74 Å². The Balaban J connectivity index is 1.56. The number of carboxylic acids is 1. The predicted octanol–water partition coefficient (Wildman–Crippen LogP) is 1.43. The van der Waals surface area contributed by atoms with E-state index in [4.69, 9.17) is 4.74 Å². The second-order valence-corrected chi connectivity index (χ2v) is 6.97. The third-order valence-corrected chi connectivity index (χ3v) is 5.56. The van der Waals surface area contributed by atoms with Crippen LogP contribution >= 0.6 is 0 Å². The lowest BCUT2D eigenvalue weighted by Gasteiger charge is -2.35. The second-order valence-electron chi connectivity index (χ2n) is 6.97. The number of pyridine rings is 1. The molecule has 27 heavy (non-hydrogen) atoms. The van der Waals surface area contributed by atoms with Gasteiger partial charge in [-0.3, -0.25) is 9.59 Å². The first-order valence-corrected chi connectivity index (χ1v) is 8.63. The Morgan fingerprint density at radius 3 is 2.89 bits per heavy atom. The quantitative estimate of drug-likeness (QED) is 0.739. The minimum absolute atomic E-state index is 0.0430. The van der Waals surface area contributed by atoms with E-state index in [1.165, 1.54) is 10.8 Å². The van der Waals surface area contributed by atoms with E-state index >= 15 is 0 Å². The van der Waals surface area contributed by atoms with Gasteiger partial charge in [-0.15, -0.1) is 0 Å². The SMILES string of the molecule is O=C(c1cccc2ncnn12)N1C[C@H]2c3ccccc3OC[C@@]2(C(=O)O)C1. The van der Waals surface area contributed by atoms with Crippen molar-refractivity contribution >= 4 is 17.5 Å². The minimum Gasteiger partial charge on any atom is -0.492 e. The highest BCUT2D eigenvalue weighted by Gasteiger charge is 2.57. The summed E-state index contributed by atoms with van der Waals surface area (Å²) in [4.78, 5) is 31.1. The Morgan fingerprint density at radius 1 is 1.19 bits per heavy atom. The van der Waals surface area contributed by atoms with Gasteiger partial charge in [0.25, 0.3) is 5.91 Å². The molecule has 1 amide bonds. The molecule has 2 aliphatic heterocycles. The van der Waals surface area contributed by atoms with Gasteiger partial charge >= 0.3 is 5.97 Å². The molecule has 3 aromatic rings. The lowest BCUT2D eigenvalue weighted by Crippen LogP contribution is -2.46. The molecule has 0 saturated carbocycles. The van der Waals surface area contributed by atoms with Gasteiger partial charge in [-0.05, 0) is 18.2 Å². The van der Waals surface area contributed by atoms with E-state index in [0.717, 1.165) is 5.56 Å². The third kappa shape index (κ3) is 2.16. The molecule has 0 aliphatic carbocycles. The van der Waals surface area contributed by atoms with E-state index in [9.17, 15) is 14.7 Å². The maximum absolute atomic E-state index is 13.2. The molecule has 8 nitrogen and oxygen atoms in total. The summed E-state index contributed by atoms with van der Waals surface area (Å²) in [6.07, 6.45) is 1.39. The molecule has 2 atom stereocenters. The summed E-state index contributed by atoms with van der Waals surface area (Å²) in [6, 6.07) is 12.6. The summed E-state index contributed by atoms with van der Waals surface area (Å²) in [5.41, 5.74) is 0.609. The zero-order chi connectivity index (χ0) is 18.6. The first-order valence-electron chi connectivity index (χ1n) is 8.63. The number of rotatable bonds is 2. The van der Waals surface area contributed by atoms with Crippen LogP contribution in [0.15, 0.2) is 48.8 Å². The topological polar surface area (TPSA) is 97.0 Å². The number of amides is 1. The van der Waals surface area contributed by atoms with E-state index in [1.807, 2.05) is 24.3 Å². The van der Waals surface area contributed by atoms with E-state index in [0.29, 0.717) is 23.6 Å². The maximum atomic E-state index is 13.2. The fourth-order valence-electron chi connectivity index (χ4n) is 4.16. The van der Waals surface area contributed by atoms with Gasteiger partial charge in [-0.25, -0.2) is 9.50 Å². The largest absolute Gasteiger partial charge is 0.492 e. The highest BCUT2D eigenvalue weighted by Crippen LogP contribution is 2.49. The minimum atomic E-state index is -1.15. The van der Waals surface area contributed by atoms with Crippen molar-refractivity contribution in [3.63, 3.8) is 0 Å². The molecule has 2 aromatic heterocycles. The molecule has 4 heterocycles. The van der Waals surface area contributed by atoms with Gasteiger partial charge < -0.3 is 14.7 Å². The Hall–Kier alpha value is -3.42. The van der Waals surface area contributed by atoms with E-state index < -0.39 is 11.4 Å². The number of carboxylic acid groups (broad SMARTS) is 1. The van der Waals surface area contributed by atoms with Crippen LogP contribution in [0.4, 0.5) is 0 Å². The summed E-state index contributed by atoms with van der Waals surface area (Å²) in [5.74, 6) is -0.847. The number of likely N-dealkylation sites (tertiary alicyclic amines) is 1. The van der Waals surface area contributed by atoms with Crippen LogP contribution in [0.25, 0.3) is 5.65 Å². The van der Waals surface area contributed by atoms with Gasteiger partial charge in [0.15, 0.2) is 5.65 Å². The number of benzene rings is 1. The molecule has 1 N–H and O–H groups in total. The van der Waals surface area contributed by atoms with Crippen LogP contribution in [-0.2, 0) is 4.79 Å². The maximum Gasteiger partial charge on any atom is 0.315 e. The van der Waals surface area contributed by atoms with Crippen LogP contribution in [0.5, 0.6) is 5.75 Å². The average molecular weight is 364 g/mol. The number of carbonyl (C=O) groups is 2. The molecule has 136 valence electrons. The number of aliphatic carboxylic acids is 1. The van der Waals surface area contributed by atoms with Crippen molar-refractivity contribution in [1.82, 2.24) is 19.5 Å². The van der Waals surface area contributed by atoms with Crippen molar-refractivity contribution in [2.24, 2.45) is 5.41 Å². The normalized spacial score (nSPS) is 23.6. The monoisotopic (exact) mass is 364 g/mol. The highest BCUT2D eigenvalue weighted by atomic mass is 16.5. The molecule has 5 rings (SSSR count). The number of aromatic nitrogens is 3. The number of para-hydroxylation sites is 1. The van der Waals surface area contributed by atoms with E-state index in [-0.39, 0.29) is 25.0 Å². The number of carbonyl (C=O) groups excluding carboxylic acids is 1. The number of fused-ring (bicyclic) bond motifs is 4. The summed E-state index contributed by atoms with van der Waals surface area (Å²) in [7, 11) is 0. The van der Waals surface area contributed by atoms with E-state index in [2.05, 4.69) is 10.1 Å². The molecule has 1 fully saturated rings. The first-order chi connectivity index (χ1) is 13.1. The number of nitrogens with zero attached hydrogens (tertiary/aromatic N) is 4. The van der Waals surface area contributed by atoms with Crippen LogP contribution in [0.3, 0.4) is 0 Å². The van der Waals surface area contributed by atoms with E-state index in [1.54, 1.807) is 23.1 Å². The first kappa shape index (κ1) is 15.8. The van der Waals surface area contributed by atoms with Gasteiger partial charge in [0.05, 0.1) is 0 Å². The lowest BCUT2D eigenvalue weighted by atomic mass is 9.73. The molecule has 0 radical (unpaired) electrons. The van der Waals surface area contributed by atoms with Gasteiger partial charge in [0, 0.05) is 24.6 Å². The summed E-state index contributed by atoms with van der Waals surface area (Å²) in [6.45, 7) is 0.448. The Morgan fingerprint density at radius 2 is 2.04 bits per heavy atom. The fourth-order valence-corrected chi connectivity index (χ4v) is 4.16. The summed E-state index contributed by atoms with van der Waals surface area (Å²) in [5, 5.41) is 14.1. The third-order valence-electron chi connectivity index (χ3n) is 5.56. The zero-order valence-electron chi connectivity index (χ0n) is 14.3. The molecule has 0 bridgehead atoms. The molecule has 2 aliphatic rings. The fraction of sp³-hybridized carbons (Fsp3) is 0.263. The highest BCUT2D eigenvalue weighted by molar-refractivity contribution is 5.94. The summed E-state index contributed by atoms with van der Waals surface area (Å²) >= 11 is 0. The summed E-state index contributed by atoms with van der Waals surface area (Å²) < 4.78 is 7.22. The van der Waals surface area contributed by atoms with Crippen molar-refractivity contribution in [3.05, 3.63) is 60.0 Å². The zero-order valence-corrected chi connectivity index (χ0v) is 14.3. The smallest absolute Gasteiger partial charge is 0.315 e. The average Bonchev–Trinajstić information content (AvgIpc) is 3.32. The Kier molecular flexibility index (Phi) is 3.24. The van der Waals surface area contributed by atoms with Crippen molar-refractivity contribution in [3.8, 4) is 5.75 Å². The number of ether oxygens (including phenoxy) is 1. The van der Waals surface area contributed by atoms with Crippen LogP contribution in [-0.4, -0.2) is 56.2 Å². The lowest BCUT2D eigenvalue weighted by molar-refractivity contribution is -0.151. The Bertz CT molecular complexity index is 1080. The standard InChI is InChI=1S/C19H16N4O4/c24-17(14-5-3-7-16-20-11-21-23(14)16)22-8-13-12-4-1-2-6-15(12)27-10-19(13,9-22)18(25)26/h1-7,11,13H,8-10H2,(H,25,26)/t13-,19-/m0/s1. The van der Waals surface area contributed by atoms with Crippen LogP contribution in [0, 0.1) is 5.41 Å². The van der Waals surface area contributed by atoms with Crippen molar-refractivity contribution in [2.45, 2.75) is 5.92 Å². The number of hydrogen-bond donors (Lipinski definition) is 1. The van der Waals surface area contributed by atoms with Crippen molar-refractivity contribution in [1.29, 1.82) is 0 Å². The van der Waals surface area contributed by atoms with Crippen LogP contribution in [0.2, 0.25) is 0 Å². The van der Waals surface area contributed by atoms with Gasteiger partial charge in [-0.1, -0.05) is 24.3 Å². The Labute approximate surface area is 154 Å². The second kappa shape index (κ2) is 5.54. The molecular formula is C19H16N4O4. The van der Waals surface area contributed by atoms with Gasteiger partial charge in [-0.2, -0.15) is 5.10 Å². The van der Waals surface area contributed by atoms with Crippen LogP contribution in [0.1, 0.15) is 22.0 Å². The predicted molar refractivity (Wildman–Crippen MR) is 93.6 cm³/mol. The molecule has 0 spiro atoms. The van der Waals surface area contributed by atoms with Crippen molar-refractivity contribution in [2.75, 3.05) is 19.7 Å². The molecular weight excluding hydrogens is 348 g/mol. The van der Waals surface area contributed by atoms with Crippen molar-refractivity contribution < 1.29 is 19.4 Å². The molecule has 1 aromatic carbocycles. The molecule has 1 saturated heterocycles. The number of hydrogen-bond acceptors (Lipinski definition) is 5. The molecule has 8 heteroatoms. The molecule has 0 unspecified atom stereocenters. The van der Waals surface area contributed by atoms with Gasteiger partial charge in [0.1, 0.15) is 29.8 Å².